The van der Waals surface area contributed by atoms with Gasteiger partial charge in [-0.2, -0.15) is 46.7 Å². The zero-order chi connectivity index (χ0) is 45.7. The molecular weight excluding hydrogens is 873 g/mol. The summed E-state index contributed by atoms with van der Waals surface area (Å²) >= 11 is 0. The molecule has 0 saturated heterocycles. The van der Waals surface area contributed by atoms with E-state index in [0.717, 1.165) is 6.07 Å². The first-order chi connectivity index (χ1) is 30.8. The molecule has 0 bridgehead atoms. The molecule has 0 aliphatic carbocycles. The van der Waals surface area contributed by atoms with Crippen LogP contribution >= 0.6 is 0 Å². The first kappa shape index (κ1) is 46.6. The Morgan fingerprint density at radius 2 is 0.891 bits per heavy atom. The maximum absolute atomic E-state index is 13.6. The lowest BCUT2D eigenvalue weighted by molar-refractivity contribution is 0.279. The summed E-state index contributed by atoms with van der Waals surface area (Å²) < 4.78 is 72.4. The van der Waals surface area contributed by atoms with Crippen molar-refractivity contribution in [2.75, 3.05) is 83.7 Å². The maximum atomic E-state index is 13.6. The van der Waals surface area contributed by atoms with E-state index in [9.17, 15) is 46.4 Å². The molecule has 64 heavy (non-hydrogen) atoms. The van der Waals surface area contributed by atoms with Crippen molar-refractivity contribution in [3.63, 3.8) is 0 Å². The van der Waals surface area contributed by atoms with Gasteiger partial charge >= 0.3 is 0 Å². The lowest BCUT2D eigenvalue weighted by Crippen LogP contribution is -2.32. The van der Waals surface area contributed by atoms with Crippen LogP contribution < -0.4 is 31.1 Å². The third-order valence-corrected chi connectivity index (χ3v) is 10.8. The van der Waals surface area contributed by atoms with Crippen LogP contribution in [-0.4, -0.2) is 129 Å². The summed E-state index contributed by atoms with van der Waals surface area (Å²) in [7, 11) is -9.96. The average molecular weight is 917 g/mol. The first-order valence-corrected chi connectivity index (χ1v) is 22.2. The van der Waals surface area contributed by atoms with Crippen LogP contribution in [0.2, 0.25) is 0 Å². The number of hydrogen-bond donors (Lipinski definition) is 10. The quantitative estimate of drug-likeness (QED) is 0.0345. The molecule has 6 aromatic rings. The number of aliphatic hydroxyl groups is 4. The normalized spacial score (nSPS) is 11.7. The topological polar surface area (TPSA) is 322 Å². The van der Waals surface area contributed by atoms with Gasteiger partial charge in [0.15, 0.2) is 0 Å². The zero-order valence-electron chi connectivity index (χ0n) is 33.8. The molecule has 24 heteroatoms. The number of anilines is 10. The van der Waals surface area contributed by atoms with Crippen molar-refractivity contribution in [1.82, 2.24) is 29.9 Å². The monoisotopic (exact) mass is 916 g/mol. The van der Waals surface area contributed by atoms with Gasteiger partial charge in [0.2, 0.25) is 35.7 Å². The molecule has 4 aromatic carbocycles. The van der Waals surface area contributed by atoms with E-state index in [2.05, 4.69) is 51.2 Å². The van der Waals surface area contributed by atoms with Crippen molar-refractivity contribution in [3.8, 4) is 0 Å². The summed E-state index contributed by atoms with van der Waals surface area (Å²) in [5.74, 6) is -0.563. The van der Waals surface area contributed by atoms with Gasteiger partial charge in [0.25, 0.3) is 20.2 Å². The highest BCUT2D eigenvalue weighted by atomic mass is 32.2. The van der Waals surface area contributed by atoms with Crippen molar-refractivity contribution >= 4 is 90.8 Å². The second-order valence-electron chi connectivity index (χ2n) is 13.4. The summed E-state index contributed by atoms with van der Waals surface area (Å²) in [6, 6.07) is 25.8. The Kier molecular flexibility index (Phi) is 15.6. The van der Waals surface area contributed by atoms with Gasteiger partial charge in [0.1, 0.15) is 9.79 Å². The SMILES string of the molecule is O=S(=O)(O)c1ccccc1C=Cc1ccc(Nc2nc(Nc3ccccc3)nc(N(CCO)CCO)n2)c(Nc2nc(Nc3ccccc3)nc(N(CCO)CCO)n2)c1S(=O)(=O)O. The number of aromatic nitrogens is 6. The predicted molar refractivity (Wildman–Crippen MR) is 240 cm³/mol. The number of nitrogens with zero attached hydrogens (tertiary/aromatic N) is 8. The van der Waals surface area contributed by atoms with E-state index in [-0.39, 0.29) is 111 Å². The molecule has 0 radical (unpaired) electrons. The fraction of sp³-hybridized carbons (Fsp3) is 0.200. The largest absolute Gasteiger partial charge is 0.395 e. The third kappa shape index (κ3) is 12.4. The number of benzene rings is 4. The van der Waals surface area contributed by atoms with Crippen LogP contribution in [0.3, 0.4) is 0 Å². The van der Waals surface area contributed by atoms with Crippen molar-refractivity contribution in [3.05, 3.63) is 108 Å². The molecule has 0 fully saturated rings. The highest BCUT2D eigenvalue weighted by Gasteiger charge is 2.26. The third-order valence-electron chi connectivity index (χ3n) is 8.92. The van der Waals surface area contributed by atoms with Gasteiger partial charge in [-0.25, -0.2) is 0 Å². The molecule has 0 aliphatic heterocycles. The zero-order valence-corrected chi connectivity index (χ0v) is 35.4. The second-order valence-corrected chi connectivity index (χ2v) is 16.1. The fourth-order valence-electron chi connectivity index (χ4n) is 6.14. The van der Waals surface area contributed by atoms with Crippen molar-refractivity contribution < 1.29 is 46.4 Å². The summed E-state index contributed by atoms with van der Waals surface area (Å²) in [4.78, 5) is 28.6. The number of para-hydroxylation sites is 2. The predicted octanol–water partition coefficient (Wildman–Crippen LogP) is 3.28. The summed E-state index contributed by atoms with van der Waals surface area (Å²) in [6.45, 7) is -1.36. The van der Waals surface area contributed by atoms with Crippen LogP contribution in [0.4, 0.5) is 58.4 Å². The molecule has 22 nitrogen and oxygen atoms in total. The Bertz CT molecular complexity index is 2760. The molecular formula is C40H44N12O10S2. The maximum Gasteiger partial charge on any atom is 0.297 e. The molecule has 336 valence electrons. The molecule has 2 aromatic heterocycles. The van der Waals surface area contributed by atoms with Gasteiger partial charge in [-0.1, -0.05) is 72.8 Å². The standard InChI is InChI=1S/C40H44N12O10S2/c53-23-19-51(20-24-54)39-47-35(41-29-10-3-1-4-11-29)45-37(49-39)43-31-18-17-28(16-15-27-9-7-8-14-32(27)63(57,58)59)34(64(60,61)62)33(31)44-38-46-36(42-30-12-5-2-6-13-30)48-40(50-38)52(21-25-55)22-26-56/h1-18,53-56H,19-26H2,(H,57,58,59)(H,60,61,62)(H2,41,43,45,47,49)(H2,42,44,46,48,50). The van der Waals surface area contributed by atoms with Crippen LogP contribution in [0.25, 0.3) is 12.2 Å². The molecule has 0 unspecified atom stereocenters. The molecule has 2 heterocycles. The van der Waals surface area contributed by atoms with Crippen molar-refractivity contribution in [1.29, 1.82) is 0 Å². The van der Waals surface area contributed by atoms with E-state index in [1.807, 2.05) is 6.07 Å². The van der Waals surface area contributed by atoms with E-state index < -0.39 is 30.0 Å². The van der Waals surface area contributed by atoms with Gasteiger partial charge in [-0.3, -0.25) is 9.11 Å². The van der Waals surface area contributed by atoms with E-state index in [1.54, 1.807) is 54.6 Å². The molecule has 0 spiro atoms. The number of nitrogens with one attached hydrogen (secondary N) is 4. The van der Waals surface area contributed by atoms with Gasteiger partial charge in [0.05, 0.1) is 37.8 Å². The van der Waals surface area contributed by atoms with Gasteiger partial charge < -0.3 is 51.5 Å². The van der Waals surface area contributed by atoms with E-state index >= 15 is 0 Å². The van der Waals surface area contributed by atoms with Crippen LogP contribution in [-0.2, 0) is 20.2 Å². The van der Waals surface area contributed by atoms with E-state index in [4.69, 9.17) is 0 Å². The summed E-state index contributed by atoms with van der Waals surface area (Å²) in [5.41, 5.74) is 0.478. The van der Waals surface area contributed by atoms with Crippen LogP contribution in [0.15, 0.2) is 107 Å². The highest BCUT2D eigenvalue weighted by Crippen LogP contribution is 2.38. The molecule has 6 rings (SSSR count). The van der Waals surface area contributed by atoms with Crippen LogP contribution in [0.1, 0.15) is 11.1 Å². The number of aliphatic hydroxyl groups excluding tert-OH is 4. The van der Waals surface area contributed by atoms with Gasteiger partial charge in [-0.15, -0.1) is 0 Å². The minimum atomic E-state index is -5.24. The highest BCUT2D eigenvalue weighted by molar-refractivity contribution is 7.86. The van der Waals surface area contributed by atoms with Crippen molar-refractivity contribution in [2.45, 2.75) is 9.79 Å². The molecule has 0 atom stereocenters. The minimum absolute atomic E-state index is 0.00666. The molecule has 0 amide bonds. The number of rotatable bonds is 22. The lowest BCUT2D eigenvalue weighted by atomic mass is 10.1. The molecule has 0 saturated carbocycles. The Morgan fingerprint density at radius 1 is 0.469 bits per heavy atom. The Morgan fingerprint density at radius 3 is 1.34 bits per heavy atom. The minimum Gasteiger partial charge on any atom is -0.395 e. The summed E-state index contributed by atoms with van der Waals surface area (Å²) in [5, 5.41) is 51.3. The smallest absolute Gasteiger partial charge is 0.297 e. The van der Waals surface area contributed by atoms with E-state index in [0.29, 0.717) is 11.4 Å². The summed E-state index contributed by atoms with van der Waals surface area (Å²) in [6.07, 6.45) is 2.43. The average Bonchev–Trinajstić information content (AvgIpc) is 3.26. The molecule has 0 aliphatic rings. The lowest BCUT2D eigenvalue weighted by Gasteiger charge is -2.23. The Balaban J connectivity index is 1.57. The number of hydrogen-bond acceptors (Lipinski definition) is 20. The Hall–Kier alpha value is -6.90. The van der Waals surface area contributed by atoms with Gasteiger partial charge in [-0.05, 0) is 47.5 Å². The van der Waals surface area contributed by atoms with Crippen LogP contribution in [0, 0.1) is 0 Å². The Labute approximate surface area is 367 Å². The van der Waals surface area contributed by atoms with E-state index in [1.165, 1.54) is 52.3 Å². The van der Waals surface area contributed by atoms with Crippen LogP contribution in [0.5, 0.6) is 0 Å². The van der Waals surface area contributed by atoms with Gasteiger partial charge in [0, 0.05) is 37.6 Å². The second kappa shape index (κ2) is 21.5. The first-order valence-electron chi connectivity index (χ1n) is 19.3. The molecule has 10 N–H and O–H groups in total. The van der Waals surface area contributed by atoms with Crippen molar-refractivity contribution in [2.24, 2.45) is 0 Å². The fourth-order valence-corrected chi connectivity index (χ4v) is 7.68.